The van der Waals surface area contributed by atoms with Crippen molar-refractivity contribution < 1.29 is 17.5 Å². The van der Waals surface area contributed by atoms with Crippen molar-refractivity contribution in [3.8, 4) is 0 Å². The molecule has 0 aliphatic carbocycles. The van der Waals surface area contributed by atoms with Crippen LogP contribution in [0.5, 0.6) is 0 Å². The first-order chi connectivity index (χ1) is 9.86. The number of thiocarbonyl (C=S) groups is 1. The van der Waals surface area contributed by atoms with E-state index in [1.54, 1.807) is 7.11 Å². The van der Waals surface area contributed by atoms with E-state index in [2.05, 4.69) is 0 Å². The van der Waals surface area contributed by atoms with Gasteiger partial charge in [0.15, 0.2) is 0 Å². The standard InChI is InChI=1S/C13H17FN2O3S2/c1-19-9-4-6-16(7-5-9)21(17,18)10-2-3-12(14)11(8-10)13(15)20/h2-3,8-9H,4-7H2,1H3,(H2,15,20). The van der Waals surface area contributed by atoms with Crippen LogP contribution in [-0.2, 0) is 14.8 Å². The summed E-state index contributed by atoms with van der Waals surface area (Å²) in [6.07, 6.45) is 1.36. The van der Waals surface area contributed by atoms with E-state index in [1.807, 2.05) is 0 Å². The maximum Gasteiger partial charge on any atom is 0.243 e. The van der Waals surface area contributed by atoms with E-state index < -0.39 is 15.8 Å². The number of sulfonamides is 1. The lowest BCUT2D eigenvalue weighted by Crippen LogP contribution is -2.40. The smallest absolute Gasteiger partial charge is 0.243 e. The first-order valence-electron chi connectivity index (χ1n) is 6.48. The average Bonchev–Trinajstić information content (AvgIpc) is 2.47. The highest BCUT2D eigenvalue weighted by molar-refractivity contribution is 7.89. The topological polar surface area (TPSA) is 72.6 Å². The van der Waals surface area contributed by atoms with Crippen molar-refractivity contribution in [3.63, 3.8) is 0 Å². The van der Waals surface area contributed by atoms with Crippen molar-refractivity contribution >= 4 is 27.2 Å². The lowest BCUT2D eigenvalue weighted by atomic mass is 10.1. The minimum absolute atomic E-state index is 0.00238. The Hall–Kier alpha value is -1.09. The molecule has 2 rings (SSSR count). The monoisotopic (exact) mass is 332 g/mol. The number of hydrogen-bond acceptors (Lipinski definition) is 4. The first-order valence-corrected chi connectivity index (χ1v) is 8.33. The van der Waals surface area contributed by atoms with Gasteiger partial charge in [0.25, 0.3) is 0 Å². The van der Waals surface area contributed by atoms with Crippen LogP contribution >= 0.6 is 12.2 Å². The van der Waals surface area contributed by atoms with Crippen molar-refractivity contribution in [2.24, 2.45) is 5.73 Å². The lowest BCUT2D eigenvalue weighted by Gasteiger charge is -2.30. The van der Waals surface area contributed by atoms with Crippen molar-refractivity contribution in [2.75, 3.05) is 20.2 Å². The summed E-state index contributed by atoms with van der Waals surface area (Å²) in [4.78, 5) is -0.162. The molecule has 0 saturated carbocycles. The molecule has 1 aliphatic heterocycles. The minimum Gasteiger partial charge on any atom is -0.389 e. The second-order valence-corrected chi connectivity index (χ2v) is 7.22. The summed E-state index contributed by atoms with van der Waals surface area (Å²) >= 11 is 4.73. The van der Waals surface area contributed by atoms with E-state index in [9.17, 15) is 12.8 Å². The molecule has 1 saturated heterocycles. The fraction of sp³-hybridized carbons (Fsp3) is 0.462. The molecule has 0 amide bonds. The number of nitrogens with zero attached hydrogens (tertiary/aromatic N) is 1. The fourth-order valence-electron chi connectivity index (χ4n) is 2.31. The predicted octanol–water partition coefficient (Wildman–Crippen LogP) is 1.26. The predicted molar refractivity (Wildman–Crippen MR) is 81.1 cm³/mol. The highest BCUT2D eigenvalue weighted by atomic mass is 32.2. The molecule has 0 unspecified atom stereocenters. The van der Waals surface area contributed by atoms with E-state index in [4.69, 9.17) is 22.7 Å². The zero-order valence-corrected chi connectivity index (χ0v) is 13.2. The maximum absolute atomic E-state index is 13.6. The summed E-state index contributed by atoms with van der Waals surface area (Å²) in [5.74, 6) is -0.625. The number of ether oxygens (including phenoxy) is 1. The molecule has 0 spiro atoms. The third-order valence-electron chi connectivity index (χ3n) is 3.58. The van der Waals surface area contributed by atoms with E-state index >= 15 is 0 Å². The second kappa shape index (κ2) is 6.35. The third-order valence-corrected chi connectivity index (χ3v) is 5.69. The van der Waals surface area contributed by atoms with E-state index in [0.29, 0.717) is 25.9 Å². The first kappa shape index (κ1) is 16.3. The summed E-state index contributed by atoms with van der Waals surface area (Å²) in [6.45, 7) is 0.751. The summed E-state index contributed by atoms with van der Waals surface area (Å²) in [5.41, 5.74) is 5.35. The number of benzene rings is 1. The van der Waals surface area contributed by atoms with Crippen LogP contribution < -0.4 is 5.73 Å². The Balaban J connectivity index is 2.28. The van der Waals surface area contributed by atoms with E-state index in [0.717, 1.165) is 6.07 Å². The summed E-state index contributed by atoms with van der Waals surface area (Å²) < 4.78 is 45.2. The molecule has 0 aromatic heterocycles. The molecule has 0 radical (unpaired) electrons. The summed E-state index contributed by atoms with van der Waals surface area (Å²) in [5, 5.41) is 0. The zero-order valence-electron chi connectivity index (χ0n) is 11.6. The Morgan fingerprint density at radius 1 is 1.43 bits per heavy atom. The molecule has 0 atom stereocenters. The fourth-order valence-corrected chi connectivity index (χ4v) is 3.96. The van der Waals surface area contributed by atoms with Crippen LogP contribution in [0.1, 0.15) is 18.4 Å². The molecular weight excluding hydrogens is 315 g/mol. The van der Waals surface area contributed by atoms with Gasteiger partial charge in [-0.25, -0.2) is 12.8 Å². The van der Waals surface area contributed by atoms with Gasteiger partial charge in [0.05, 0.1) is 11.0 Å². The van der Waals surface area contributed by atoms with Gasteiger partial charge in [0.1, 0.15) is 10.8 Å². The van der Waals surface area contributed by atoms with Gasteiger partial charge in [0.2, 0.25) is 10.0 Å². The molecule has 2 N–H and O–H groups in total. The Bertz CT molecular complexity index is 641. The summed E-state index contributed by atoms with van der Waals surface area (Å²) in [7, 11) is -2.06. The van der Waals surface area contributed by atoms with Crippen molar-refractivity contribution in [3.05, 3.63) is 29.6 Å². The Morgan fingerprint density at radius 2 is 2.05 bits per heavy atom. The molecule has 5 nitrogen and oxygen atoms in total. The van der Waals surface area contributed by atoms with Gasteiger partial charge >= 0.3 is 0 Å². The molecule has 1 aliphatic rings. The van der Waals surface area contributed by atoms with Gasteiger partial charge in [0, 0.05) is 25.8 Å². The van der Waals surface area contributed by atoms with Crippen LogP contribution in [0.25, 0.3) is 0 Å². The van der Waals surface area contributed by atoms with Gasteiger partial charge in [-0.2, -0.15) is 4.31 Å². The molecule has 116 valence electrons. The quantitative estimate of drug-likeness (QED) is 0.841. The SMILES string of the molecule is COC1CCN(S(=O)(=O)c2ccc(F)c(C(N)=S)c2)CC1. The molecule has 1 heterocycles. The highest BCUT2D eigenvalue weighted by Crippen LogP contribution is 2.23. The Kier molecular flexibility index (Phi) is 4.92. The van der Waals surface area contributed by atoms with Crippen molar-refractivity contribution in [1.29, 1.82) is 0 Å². The molecule has 1 aromatic carbocycles. The minimum atomic E-state index is -3.67. The zero-order chi connectivity index (χ0) is 15.6. The molecule has 1 aromatic rings. The molecule has 0 bridgehead atoms. The van der Waals surface area contributed by atoms with Crippen LogP contribution in [0.4, 0.5) is 4.39 Å². The highest BCUT2D eigenvalue weighted by Gasteiger charge is 2.29. The Labute approximate surface area is 128 Å². The number of halogens is 1. The van der Waals surface area contributed by atoms with Gasteiger partial charge in [-0.15, -0.1) is 0 Å². The van der Waals surface area contributed by atoms with Gasteiger partial charge in [-0.3, -0.25) is 0 Å². The van der Waals surface area contributed by atoms with Crippen LogP contribution in [0.3, 0.4) is 0 Å². The van der Waals surface area contributed by atoms with Crippen LogP contribution in [0, 0.1) is 5.82 Å². The van der Waals surface area contributed by atoms with Crippen LogP contribution in [0.2, 0.25) is 0 Å². The largest absolute Gasteiger partial charge is 0.389 e. The molecule has 21 heavy (non-hydrogen) atoms. The average molecular weight is 332 g/mol. The van der Waals surface area contributed by atoms with Gasteiger partial charge in [-0.05, 0) is 31.0 Å². The number of hydrogen-bond donors (Lipinski definition) is 1. The maximum atomic E-state index is 13.6. The number of piperidine rings is 1. The van der Waals surface area contributed by atoms with Crippen LogP contribution in [0.15, 0.2) is 23.1 Å². The van der Waals surface area contributed by atoms with E-state index in [-0.39, 0.29) is 21.6 Å². The molecular formula is C13H17FN2O3S2. The van der Waals surface area contributed by atoms with Crippen molar-refractivity contribution in [1.82, 2.24) is 4.31 Å². The normalized spacial score (nSPS) is 17.8. The van der Waals surface area contributed by atoms with Gasteiger partial charge < -0.3 is 10.5 Å². The van der Waals surface area contributed by atoms with E-state index in [1.165, 1.54) is 16.4 Å². The molecule has 8 heteroatoms. The third kappa shape index (κ3) is 3.39. The number of nitrogens with two attached hydrogens (primary N) is 1. The van der Waals surface area contributed by atoms with Crippen molar-refractivity contribution in [2.45, 2.75) is 23.8 Å². The number of rotatable bonds is 4. The van der Waals surface area contributed by atoms with Crippen LogP contribution in [-0.4, -0.2) is 44.0 Å². The number of methoxy groups -OCH3 is 1. The lowest BCUT2D eigenvalue weighted by molar-refractivity contribution is 0.0604. The molecule has 1 fully saturated rings. The second-order valence-electron chi connectivity index (χ2n) is 4.85. The Morgan fingerprint density at radius 3 is 2.57 bits per heavy atom. The van der Waals surface area contributed by atoms with Gasteiger partial charge in [-0.1, -0.05) is 12.2 Å². The summed E-state index contributed by atoms with van der Waals surface area (Å²) in [6, 6.07) is 3.49.